The summed E-state index contributed by atoms with van der Waals surface area (Å²) in [6, 6.07) is 6.01. The van der Waals surface area contributed by atoms with E-state index >= 15 is 0 Å². The molecule has 142 valence electrons. The molecule has 7 heteroatoms. The van der Waals surface area contributed by atoms with Gasteiger partial charge in [0.25, 0.3) is 0 Å². The Hall–Kier alpha value is -1.57. The molecule has 2 aliphatic heterocycles. The number of ether oxygens (including phenoxy) is 1. The smallest absolute Gasteiger partial charge is 0.312 e. The number of carbonyl (C=O) groups excluding carboxylic acids is 1. The molecule has 1 saturated heterocycles. The second kappa shape index (κ2) is 5.47. The molecule has 3 aliphatic rings. The van der Waals surface area contributed by atoms with Crippen molar-refractivity contribution < 1.29 is 14.0 Å². The Morgan fingerprint density at radius 1 is 1.46 bits per heavy atom. The third-order valence-corrected chi connectivity index (χ3v) is 11.1. The minimum atomic E-state index is -1.88. The monoisotopic (exact) mass is 375 g/mol. The van der Waals surface area contributed by atoms with E-state index in [0.717, 1.165) is 16.8 Å². The fourth-order valence-electron chi connectivity index (χ4n) is 4.12. The van der Waals surface area contributed by atoms with Gasteiger partial charge in [-0.2, -0.15) is 0 Å². The van der Waals surface area contributed by atoms with Crippen molar-refractivity contribution in [3.05, 3.63) is 29.3 Å². The summed E-state index contributed by atoms with van der Waals surface area (Å²) in [5.41, 5.74) is 8.28. The number of rotatable bonds is 4. The maximum atomic E-state index is 11.0. The summed E-state index contributed by atoms with van der Waals surface area (Å²) in [6.45, 7) is 12.5. The number of fused-ring (bicyclic) bond motifs is 3. The van der Waals surface area contributed by atoms with Crippen LogP contribution in [0, 0.1) is 5.92 Å². The first-order valence-electron chi connectivity index (χ1n) is 9.30. The highest BCUT2D eigenvalue weighted by molar-refractivity contribution is 6.74. The first kappa shape index (κ1) is 17.8. The van der Waals surface area contributed by atoms with Gasteiger partial charge in [0, 0.05) is 23.7 Å². The molecule has 1 aromatic rings. The third-order valence-electron chi connectivity index (χ3n) is 6.61. The van der Waals surface area contributed by atoms with Crippen LogP contribution < -0.4 is 16.4 Å². The van der Waals surface area contributed by atoms with Crippen molar-refractivity contribution in [3.8, 4) is 0 Å². The highest BCUT2D eigenvalue weighted by Crippen LogP contribution is 2.66. The van der Waals surface area contributed by atoms with Crippen LogP contribution in [0.15, 0.2) is 18.2 Å². The number of anilines is 1. The Labute approximate surface area is 155 Å². The number of hydrogen-bond acceptors (Lipinski definition) is 4. The highest BCUT2D eigenvalue weighted by atomic mass is 28.4. The average Bonchev–Trinajstić information content (AvgIpc) is 2.95. The molecule has 0 bridgehead atoms. The van der Waals surface area contributed by atoms with Gasteiger partial charge < -0.3 is 25.5 Å². The van der Waals surface area contributed by atoms with E-state index in [4.69, 9.17) is 14.9 Å². The van der Waals surface area contributed by atoms with Gasteiger partial charge in [0.2, 0.25) is 0 Å². The summed E-state index contributed by atoms with van der Waals surface area (Å²) in [6.07, 6.45) is 0.0644. The molecule has 2 heterocycles. The van der Waals surface area contributed by atoms with E-state index < -0.39 is 14.3 Å². The Bertz CT molecular complexity index is 761. The van der Waals surface area contributed by atoms with E-state index in [-0.39, 0.29) is 16.7 Å². The molecule has 26 heavy (non-hydrogen) atoms. The van der Waals surface area contributed by atoms with E-state index in [2.05, 4.69) is 56.6 Å². The summed E-state index contributed by atoms with van der Waals surface area (Å²) in [7, 11) is -1.88. The predicted molar refractivity (Wildman–Crippen MR) is 103 cm³/mol. The first-order valence-corrected chi connectivity index (χ1v) is 12.2. The van der Waals surface area contributed by atoms with Crippen LogP contribution in [0.3, 0.4) is 0 Å². The van der Waals surface area contributed by atoms with Crippen LogP contribution in [0.4, 0.5) is 10.5 Å². The Morgan fingerprint density at radius 3 is 2.85 bits per heavy atom. The van der Waals surface area contributed by atoms with E-state index in [0.29, 0.717) is 25.1 Å². The van der Waals surface area contributed by atoms with E-state index in [1.165, 1.54) is 0 Å². The van der Waals surface area contributed by atoms with Crippen molar-refractivity contribution in [2.24, 2.45) is 11.7 Å². The highest BCUT2D eigenvalue weighted by Gasteiger charge is 2.76. The lowest BCUT2D eigenvalue weighted by Crippen LogP contribution is -2.47. The summed E-state index contributed by atoms with van der Waals surface area (Å²) in [5.74, 6) is 0.364. The van der Waals surface area contributed by atoms with Crippen LogP contribution in [0.2, 0.25) is 18.1 Å². The van der Waals surface area contributed by atoms with Gasteiger partial charge in [-0.1, -0.05) is 26.8 Å². The average molecular weight is 376 g/mol. The number of urea groups is 1. The summed E-state index contributed by atoms with van der Waals surface area (Å²) in [5, 5.41) is 6.50. The Balaban J connectivity index is 1.57. The summed E-state index contributed by atoms with van der Waals surface area (Å²) >= 11 is 0. The number of carbonyl (C=O) groups is 1. The van der Waals surface area contributed by atoms with E-state index in [1.54, 1.807) is 0 Å². The number of hydrogen-bond donors (Lipinski definition) is 3. The van der Waals surface area contributed by atoms with Gasteiger partial charge in [0.15, 0.2) is 8.32 Å². The molecule has 0 aromatic heterocycles. The van der Waals surface area contributed by atoms with Crippen molar-refractivity contribution >= 4 is 20.0 Å². The van der Waals surface area contributed by atoms with Gasteiger partial charge in [-0.05, 0) is 35.8 Å². The molecule has 2 amide bonds. The lowest BCUT2D eigenvalue weighted by Gasteiger charge is -2.39. The minimum Gasteiger partial charge on any atom is -0.406 e. The van der Waals surface area contributed by atoms with Crippen molar-refractivity contribution in [1.82, 2.24) is 5.32 Å². The van der Waals surface area contributed by atoms with Crippen molar-refractivity contribution in [2.45, 2.75) is 63.2 Å². The molecule has 1 aromatic carbocycles. The topological polar surface area (TPSA) is 85.6 Å². The minimum absolute atomic E-state index is 0.0644. The molecule has 1 aliphatic carbocycles. The van der Waals surface area contributed by atoms with Gasteiger partial charge in [0.1, 0.15) is 5.60 Å². The number of benzene rings is 1. The van der Waals surface area contributed by atoms with Crippen molar-refractivity contribution in [3.63, 3.8) is 0 Å². The number of amides is 2. The maximum absolute atomic E-state index is 11.0. The van der Waals surface area contributed by atoms with E-state index in [9.17, 15) is 4.79 Å². The summed E-state index contributed by atoms with van der Waals surface area (Å²) in [4.78, 5) is 11.0. The third kappa shape index (κ3) is 2.56. The second-order valence-corrected chi connectivity index (χ2v) is 14.1. The second-order valence-electron chi connectivity index (χ2n) is 9.34. The number of nitrogens with one attached hydrogen (secondary N) is 2. The molecule has 0 radical (unpaired) electrons. The SMILES string of the molecule is CC(C)(C)[Si](C)(C)O[C@@]12CO[C@@H]3c4cc(CNC(N)=O)ccc4N[C@H]1C32. The Kier molecular flexibility index (Phi) is 3.75. The van der Waals surface area contributed by atoms with E-state index in [1.807, 2.05) is 6.07 Å². The van der Waals surface area contributed by atoms with Gasteiger partial charge >= 0.3 is 6.03 Å². The zero-order chi connectivity index (χ0) is 18.9. The largest absolute Gasteiger partial charge is 0.406 e. The quantitative estimate of drug-likeness (QED) is 0.706. The molecule has 0 spiro atoms. The predicted octanol–water partition coefficient (Wildman–Crippen LogP) is 3.11. The molecule has 4 atom stereocenters. The van der Waals surface area contributed by atoms with Crippen LogP contribution in [-0.2, 0) is 15.7 Å². The van der Waals surface area contributed by atoms with Crippen LogP contribution >= 0.6 is 0 Å². The molecule has 1 unspecified atom stereocenters. The zero-order valence-corrected chi connectivity index (χ0v) is 17.2. The summed E-state index contributed by atoms with van der Waals surface area (Å²) < 4.78 is 13.1. The molecule has 6 nitrogen and oxygen atoms in total. The Morgan fingerprint density at radius 2 is 2.19 bits per heavy atom. The molecule has 4 rings (SSSR count). The fourth-order valence-corrected chi connectivity index (χ4v) is 5.69. The molecule has 4 N–H and O–H groups in total. The van der Waals surface area contributed by atoms with Gasteiger partial charge in [-0.25, -0.2) is 4.79 Å². The number of nitrogens with two attached hydrogens (primary N) is 1. The van der Waals surface area contributed by atoms with Gasteiger partial charge in [-0.3, -0.25) is 0 Å². The fraction of sp³-hybridized carbons (Fsp3) is 0.632. The molecular weight excluding hydrogens is 346 g/mol. The van der Waals surface area contributed by atoms with Crippen LogP contribution in [0.25, 0.3) is 0 Å². The molecular formula is C19H29N3O3Si. The van der Waals surface area contributed by atoms with Crippen molar-refractivity contribution in [1.29, 1.82) is 0 Å². The molecule has 2 fully saturated rings. The maximum Gasteiger partial charge on any atom is 0.312 e. The lowest BCUT2D eigenvalue weighted by atomic mass is 9.97. The van der Waals surface area contributed by atoms with Gasteiger partial charge in [0.05, 0.1) is 18.8 Å². The normalized spacial score (nSPS) is 31.7. The van der Waals surface area contributed by atoms with Crippen LogP contribution in [-0.4, -0.2) is 32.6 Å². The number of primary amides is 1. The lowest BCUT2D eigenvalue weighted by molar-refractivity contribution is 0.0381. The first-order chi connectivity index (χ1) is 12.1. The van der Waals surface area contributed by atoms with Crippen LogP contribution in [0.5, 0.6) is 0 Å². The zero-order valence-electron chi connectivity index (χ0n) is 16.2. The van der Waals surface area contributed by atoms with Crippen LogP contribution in [0.1, 0.15) is 38.0 Å². The van der Waals surface area contributed by atoms with Gasteiger partial charge in [-0.15, -0.1) is 0 Å². The molecule has 1 saturated carbocycles. The standard InChI is InChI=1S/C19H29N3O3Si/c1-18(2,3)26(4,5)25-19-10-24-15-12-8-11(9-21-17(20)23)6-7-13(12)22-16(19)14(15)19/h6-8,14-16,22H,9-10H2,1-5H3,(H3,20,21,23)/t14?,15-,16+,19-/m1/s1. The van der Waals surface area contributed by atoms with Crippen molar-refractivity contribution in [2.75, 3.05) is 11.9 Å².